The molecule has 3 heterocycles. The van der Waals surface area contributed by atoms with Gasteiger partial charge in [-0.2, -0.15) is 0 Å². The van der Waals surface area contributed by atoms with E-state index in [1.54, 1.807) is 13.1 Å². The fourth-order valence-electron chi connectivity index (χ4n) is 2.05. The molecule has 0 aliphatic heterocycles. The van der Waals surface area contributed by atoms with Crippen molar-refractivity contribution in [3.63, 3.8) is 0 Å². The van der Waals surface area contributed by atoms with Crippen LogP contribution in [0.25, 0.3) is 11.6 Å². The van der Waals surface area contributed by atoms with Gasteiger partial charge < -0.3 is 20.5 Å². The third kappa shape index (κ3) is 3.03. The second kappa shape index (κ2) is 5.87. The van der Waals surface area contributed by atoms with E-state index in [2.05, 4.69) is 30.2 Å². The van der Waals surface area contributed by atoms with Crippen LogP contribution in [0.2, 0.25) is 0 Å². The van der Waals surface area contributed by atoms with Gasteiger partial charge in [-0.05, 0) is 13.8 Å². The largest absolute Gasteiger partial charge is 0.443 e. The van der Waals surface area contributed by atoms with Gasteiger partial charge in [-0.1, -0.05) is 0 Å². The van der Waals surface area contributed by atoms with Gasteiger partial charge in [0.25, 0.3) is 5.91 Å². The van der Waals surface area contributed by atoms with E-state index in [1.165, 1.54) is 12.5 Å². The van der Waals surface area contributed by atoms with E-state index in [9.17, 15) is 4.79 Å². The number of aryl methyl sites for hydroxylation is 2. The number of hydrogen-bond donors (Lipinski definition) is 3. The predicted molar refractivity (Wildman–Crippen MR) is 81.2 cm³/mol. The summed E-state index contributed by atoms with van der Waals surface area (Å²) in [5.41, 5.74) is 7.66. The highest BCUT2D eigenvalue weighted by Gasteiger charge is 2.18. The van der Waals surface area contributed by atoms with Crippen LogP contribution >= 0.6 is 0 Å². The van der Waals surface area contributed by atoms with Crippen molar-refractivity contribution in [2.45, 2.75) is 20.4 Å². The number of imidazole rings is 1. The molecule has 9 heteroatoms. The first kappa shape index (κ1) is 14.7. The quantitative estimate of drug-likeness (QED) is 0.653. The van der Waals surface area contributed by atoms with E-state index in [1.807, 2.05) is 6.92 Å². The summed E-state index contributed by atoms with van der Waals surface area (Å²) in [6.07, 6.45) is 4.68. The van der Waals surface area contributed by atoms with Crippen LogP contribution in [-0.2, 0) is 6.54 Å². The highest BCUT2D eigenvalue weighted by Crippen LogP contribution is 2.20. The topological polar surface area (TPSA) is 136 Å². The molecule has 4 N–H and O–H groups in total. The maximum absolute atomic E-state index is 12.2. The molecule has 0 unspecified atom stereocenters. The van der Waals surface area contributed by atoms with Crippen LogP contribution in [0.1, 0.15) is 27.7 Å². The lowest BCUT2D eigenvalue weighted by atomic mass is 10.2. The number of H-pyrrole nitrogens is 1. The highest BCUT2D eigenvalue weighted by atomic mass is 16.3. The minimum atomic E-state index is -0.425. The molecule has 0 aromatic carbocycles. The molecule has 0 spiro atoms. The summed E-state index contributed by atoms with van der Waals surface area (Å²) in [6, 6.07) is 0. The average molecular weight is 313 g/mol. The number of anilines is 1. The maximum Gasteiger partial charge on any atom is 0.274 e. The Balaban J connectivity index is 1.79. The summed E-state index contributed by atoms with van der Waals surface area (Å²) in [4.78, 5) is 31.8. The number of rotatable bonds is 4. The van der Waals surface area contributed by atoms with Gasteiger partial charge >= 0.3 is 0 Å². The minimum Gasteiger partial charge on any atom is -0.443 e. The van der Waals surface area contributed by atoms with Crippen molar-refractivity contribution in [1.82, 2.24) is 30.2 Å². The van der Waals surface area contributed by atoms with Gasteiger partial charge in [-0.25, -0.2) is 19.9 Å². The molecule has 9 nitrogen and oxygen atoms in total. The number of nitrogens with zero attached hydrogens (tertiary/aromatic N) is 4. The highest BCUT2D eigenvalue weighted by molar-refractivity contribution is 5.96. The Labute approximate surface area is 131 Å². The number of aromatic nitrogens is 5. The van der Waals surface area contributed by atoms with Gasteiger partial charge in [-0.15, -0.1) is 0 Å². The van der Waals surface area contributed by atoms with Crippen LogP contribution in [0.5, 0.6) is 0 Å². The molecular formula is C14H15N7O2. The molecule has 0 saturated heterocycles. The second-order valence-electron chi connectivity index (χ2n) is 4.90. The van der Waals surface area contributed by atoms with Crippen LogP contribution in [-0.4, -0.2) is 30.8 Å². The Kier molecular flexibility index (Phi) is 3.75. The Bertz CT molecular complexity index is 839. The fraction of sp³-hybridized carbons (Fsp3) is 0.214. The smallest absolute Gasteiger partial charge is 0.274 e. The molecule has 0 fully saturated rings. The van der Waals surface area contributed by atoms with E-state index in [-0.39, 0.29) is 18.1 Å². The van der Waals surface area contributed by atoms with Crippen LogP contribution in [0.15, 0.2) is 23.1 Å². The summed E-state index contributed by atoms with van der Waals surface area (Å²) >= 11 is 0. The number of aromatic amines is 1. The van der Waals surface area contributed by atoms with Crippen LogP contribution < -0.4 is 11.1 Å². The van der Waals surface area contributed by atoms with Crippen LogP contribution in [0.4, 0.5) is 5.82 Å². The molecule has 0 radical (unpaired) electrons. The zero-order valence-electron chi connectivity index (χ0n) is 12.6. The Morgan fingerprint density at radius 3 is 2.83 bits per heavy atom. The Hall–Kier alpha value is -3.23. The van der Waals surface area contributed by atoms with Crippen LogP contribution in [0.3, 0.4) is 0 Å². The summed E-state index contributed by atoms with van der Waals surface area (Å²) in [6.45, 7) is 3.81. The third-order valence-electron chi connectivity index (χ3n) is 3.12. The van der Waals surface area contributed by atoms with Crippen molar-refractivity contribution in [2.75, 3.05) is 5.73 Å². The zero-order chi connectivity index (χ0) is 16.4. The minimum absolute atomic E-state index is 0.0110. The SMILES string of the molecule is Cc1c[nH]c(CNC(=O)c2nc(C)c(-c3ncco3)nc2N)n1. The van der Waals surface area contributed by atoms with Gasteiger partial charge in [0.2, 0.25) is 5.89 Å². The first-order chi connectivity index (χ1) is 11.0. The van der Waals surface area contributed by atoms with Crippen molar-refractivity contribution in [2.24, 2.45) is 0 Å². The van der Waals surface area contributed by atoms with E-state index in [0.717, 1.165) is 5.69 Å². The predicted octanol–water partition coefficient (Wildman–Crippen LogP) is 0.984. The van der Waals surface area contributed by atoms with E-state index in [0.29, 0.717) is 23.1 Å². The lowest BCUT2D eigenvalue weighted by Gasteiger charge is -2.08. The molecule has 3 rings (SSSR count). The van der Waals surface area contributed by atoms with Gasteiger partial charge in [-0.3, -0.25) is 4.79 Å². The monoisotopic (exact) mass is 313 g/mol. The molecule has 3 aromatic heterocycles. The van der Waals surface area contributed by atoms with Crippen molar-refractivity contribution < 1.29 is 9.21 Å². The summed E-state index contributed by atoms with van der Waals surface area (Å²) in [5.74, 6) is 0.540. The average Bonchev–Trinajstić information content (AvgIpc) is 3.18. The van der Waals surface area contributed by atoms with Crippen molar-refractivity contribution in [3.8, 4) is 11.6 Å². The van der Waals surface area contributed by atoms with Gasteiger partial charge in [0.05, 0.1) is 24.1 Å². The van der Waals surface area contributed by atoms with Crippen molar-refractivity contribution >= 4 is 11.7 Å². The number of nitrogens with two attached hydrogens (primary N) is 1. The van der Waals surface area contributed by atoms with Crippen LogP contribution in [0, 0.1) is 13.8 Å². The normalized spacial score (nSPS) is 10.7. The molecule has 3 aromatic rings. The summed E-state index contributed by atoms with van der Waals surface area (Å²) < 4.78 is 5.18. The molecule has 0 saturated carbocycles. The van der Waals surface area contributed by atoms with E-state index >= 15 is 0 Å². The number of nitrogens with one attached hydrogen (secondary N) is 2. The molecule has 0 aliphatic rings. The van der Waals surface area contributed by atoms with Gasteiger partial charge in [0.15, 0.2) is 11.5 Å². The first-order valence-electron chi connectivity index (χ1n) is 6.87. The Morgan fingerprint density at radius 1 is 1.35 bits per heavy atom. The summed E-state index contributed by atoms with van der Waals surface area (Å²) in [5, 5.41) is 2.70. The number of hydrogen-bond acceptors (Lipinski definition) is 7. The van der Waals surface area contributed by atoms with Crippen molar-refractivity contribution in [3.05, 3.63) is 41.6 Å². The van der Waals surface area contributed by atoms with Gasteiger partial charge in [0.1, 0.15) is 17.8 Å². The lowest BCUT2D eigenvalue weighted by Crippen LogP contribution is -2.26. The number of nitrogen functional groups attached to an aromatic ring is 1. The number of oxazole rings is 1. The third-order valence-corrected chi connectivity index (χ3v) is 3.12. The van der Waals surface area contributed by atoms with Crippen molar-refractivity contribution in [1.29, 1.82) is 0 Å². The number of amides is 1. The van der Waals surface area contributed by atoms with E-state index in [4.69, 9.17) is 10.2 Å². The number of carbonyl (C=O) groups excluding carboxylic acids is 1. The maximum atomic E-state index is 12.2. The zero-order valence-corrected chi connectivity index (χ0v) is 12.6. The molecule has 23 heavy (non-hydrogen) atoms. The lowest BCUT2D eigenvalue weighted by molar-refractivity contribution is 0.0945. The number of carbonyl (C=O) groups is 1. The fourth-order valence-corrected chi connectivity index (χ4v) is 2.05. The molecule has 1 amide bonds. The molecular weight excluding hydrogens is 298 g/mol. The molecule has 0 aliphatic carbocycles. The van der Waals surface area contributed by atoms with E-state index < -0.39 is 5.91 Å². The molecule has 0 atom stereocenters. The summed E-state index contributed by atoms with van der Waals surface area (Å²) in [7, 11) is 0. The van der Waals surface area contributed by atoms with Gasteiger partial charge in [0, 0.05) is 6.20 Å². The molecule has 118 valence electrons. The molecule has 0 bridgehead atoms. The first-order valence-corrected chi connectivity index (χ1v) is 6.87. The Morgan fingerprint density at radius 2 is 2.17 bits per heavy atom. The second-order valence-corrected chi connectivity index (χ2v) is 4.90. The standard InChI is InChI=1S/C14H15N7O2/c1-7-5-17-9(19-7)6-18-13(22)11-12(15)21-10(8(2)20-11)14-16-3-4-23-14/h3-5H,6H2,1-2H3,(H2,15,21)(H,17,19)(H,18,22).